The van der Waals surface area contributed by atoms with Crippen molar-refractivity contribution in [2.45, 2.75) is 33.8 Å². The fourth-order valence-corrected chi connectivity index (χ4v) is 2.94. The van der Waals surface area contributed by atoms with E-state index in [0.29, 0.717) is 21.6 Å². The highest BCUT2D eigenvalue weighted by Crippen LogP contribution is 2.33. The lowest BCUT2D eigenvalue weighted by atomic mass is 10.0. The predicted molar refractivity (Wildman–Crippen MR) is 109 cm³/mol. The number of rotatable bonds is 5. The Morgan fingerprint density at radius 1 is 1.14 bits per heavy atom. The van der Waals surface area contributed by atoms with Crippen LogP contribution in [-0.4, -0.2) is 18.7 Å². The number of ether oxygens (including phenoxy) is 2. The molecule has 0 aliphatic carbocycles. The Morgan fingerprint density at radius 2 is 1.79 bits per heavy atom. The number of hydrogen-bond donors (Lipinski definition) is 0. The van der Waals surface area contributed by atoms with Gasteiger partial charge in [-0.1, -0.05) is 11.6 Å². The number of carbonyl (C=O) groups is 1. The molecule has 0 saturated heterocycles. The summed E-state index contributed by atoms with van der Waals surface area (Å²) in [6.45, 7) is 7.33. The molecule has 0 radical (unpaired) electrons. The van der Waals surface area contributed by atoms with Gasteiger partial charge in [0.05, 0.1) is 12.0 Å². The Hall–Kier alpha value is -2.79. The third-order valence-electron chi connectivity index (χ3n) is 4.48. The summed E-state index contributed by atoms with van der Waals surface area (Å²) in [7, 11) is 0. The zero-order valence-electron chi connectivity index (χ0n) is 16.2. The van der Waals surface area contributed by atoms with Gasteiger partial charge in [0.2, 0.25) is 11.2 Å². The van der Waals surface area contributed by atoms with Crippen LogP contribution in [0.5, 0.6) is 5.75 Å². The highest BCUT2D eigenvalue weighted by atomic mass is 35.5. The molecule has 0 saturated carbocycles. The number of hydrogen-bond acceptors (Lipinski definition) is 5. The molecule has 0 spiro atoms. The van der Waals surface area contributed by atoms with Gasteiger partial charge in [-0.15, -0.1) is 0 Å². The second-order valence-electron chi connectivity index (χ2n) is 6.54. The molecule has 5 nitrogen and oxygen atoms in total. The van der Waals surface area contributed by atoms with E-state index < -0.39 is 12.1 Å². The minimum atomic E-state index is -0.960. The van der Waals surface area contributed by atoms with Crippen LogP contribution in [0.4, 0.5) is 0 Å². The van der Waals surface area contributed by atoms with E-state index in [1.165, 1.54) is 6.92 Å². The van der Waals surface area contributed by atoms with Gasteiger partial charge in [-0.05, 0) is 75.2 Å². The second-order valence-corrected chi connectivity index (χ2v) is 6.98. The SMILES string of the molecule is CCOC(=O)[C@@H](C)Oc1c(-c2ccc(Cl)cc2)oc2cc(C)c(C)cc2c1=O. The first-order valence-corrected chi connectivity index (χ1v) is 9.37. The lowest BCUT2D eigenvalue weighted by Gasteiger charge is -2.16. The number of aryl methyl sites for hydroxylation is 2. The maximum atomic E-state index is 13.2. The van der Waals surface area contributed by atoms with Crippen LogP contribution in [-0.2, 0) is 9.53 Å². The molecule has 3 aromatic rings. The number of benzene rings is 2. The van der Waals surface area contributed by atoms with Gasteiger partial charge < -0.3 is 13.9 Å². The Bertz CT molecular complexity index is 1080. The van der Waals surface area contributed by atoms with Gasteiger partial charge in [-0.2, -0.15) is 0 Å². The normalized spacial score (nSPS) is 12.0. The summed E-state index contributed by atoms with van der Waals surface area (Å²) >= 11 is 5.98. The van der Waals surface area contributed by atoms with Crippen molar-refractivity contribution >= 4 is 28.5 Å². The van der Waals surface area contributed by atoms with Crippen LogP contribution in [0.15, 0.2) is 45.6 Å². The fourth-order valence-electron chi connectivity index (χ4n) is 2.82. The molecule has 0 aliphatic heterocycles. The number of halogens is 1. The van der Waals surface area contributed by atoms with Gasteiger partial charge in [0.15, 0.2) is 11.9 Å². The van der Waals surface area contributed by atoms with Gasteiger partial charge in [0.25, 0.3) is 0 Å². The van der Waals surface area contributed by atoms with Crippen LogP contribution in [0.1, 0.15) is 25.0 Å². The van der Waals surface area contributed by atoms with E-state index in [9.17, 15) is 9.59 Å². The van der Waals surface area contributed by atoms with Crippen LogP contribution in [0.3, 0.4) is 0 Å². The zero-order valence-corrected chi connectivity index (χ0v) is 16.9. The fraction of sp³-hybridized carbons (Fsp3) is 0.273. The Balaban J connectivity index is 2.23. The average Bonchev–Trinajstić information content (AvgIpc) is 2.66. The third-order valence-corrected chi connectivity index (χ3v) is 4.74. The largest absolute Gasteiger partial charge is 0.471 e. The van der Waals surface area contributed by atoms with E-state index in [4.69, 9.17) is 25.5 Å². The summed E-state index contributed by atoms with van der Waals surface area (Å²) in [6.07, 6.45) is -0.960. The molecule has 0 amide bonds. The summed E-state index contributed by atoms with van der Waals surface area (Å²) in [5.74, 6) is -0.337. The molecule has 0 bridgehead atoms. The van der Waals surface area contributed by atoms with Gasteiger partial charge in [-0.25, -0.2) is 4.79 Å². The highest BCUT2D eigenvalue weighted by Gasteiger charge is 2.24. The predicted octanol–water partition coefficient (Wildman–Crippen LogP) is 5.06. The molecular formula is C22H21ClO5. The Labute approximate surface area is 167 Å². The van der Waals surface area contributed by atoms with Crippen LogP contribution in [0.25, 0.3) is 22.3 Å². The summed E-state index contributed by atoms with van der Waals surface area (Å²) in [5, 5.41) is 0.951. The zero-order chi connectivity index (χ0) is 20.4. The Kier molecular flexibility index (Phi) is 5.75. The summed E-state index contributed by atoms with van der Waals surface area (Å²) in [6, 6.07) is 10.4. The summed E-state index contributed by atoms with van der Waals surface area (Å²) < 4.78 is 16.8. The van der Waals surface area contributed by atoms with Gasteiger partial charge in [0.1, 0.15) is 5.58 Å². The van der Waals surface area contributed by atoms with Crippen molar-refractivity contribution in [2.24, 2.45) is 0 Å². The second kappa shape index (κ2) is 8.07. The van der Waals surface area contributed by atoms with Crippen molar-refractivity contribution in [1.82, 2.24) is 0 Å². The molecule has 0 N–H and O–H groups in total. The molecule has 146 valence electrons. The van der Waals surface area contributed by atoms with Crippen LogP contribution < -0.4 is 10.2 Å². The molecule has 6 heteroatoms. The monoisotopic (exact) mass is 400 g/mol. The van der Waals surface area contributed by atoms with Gasteiger partial charge >= 0.3 is 5.97 Å². The first kappa shape index (κ1) is 20.0. The van der Waals surface area contributed by atoms with Crippen molar-refractivity contribution < 1.29 is 18.7 Å². The minimum Gasteiger partial charge on any atom is -0.471 e. The molecule has 0 fully saturated rings. The van der Waals surface area contributed by atoms with E-state index >= 15 is 0 Å². The molecular weight excluding hydrogens is 380 g/mol. The molecule has 3 rings (SSSR count). The van der Waals surface area contributed by atoms with E-state index in [0.717, 1.165) is 11.1 Å². The molecule has 0 unspecified atom stereocenters. The average molecular weight is 401 g/mol. The maximum Gasteiger partial charge on any atom is 0.347 e. The summed E-state index contributed by atoms with van der Waals surface area (Å²) in [5.41, 5.74) is 2.70. The topological polar surface area (TPSA) is 65.7 Å². The molecule has 0 aliphatic rings. The molecule has 1 heterocycles. The van der Waals surface area contributed by atoms with E-state index in [2.05, 4.69) is 0 Å². The standard InChI is InChI=1S/C22H21ClO5/c1-5-26-22(25)14(4)27-21-19(24)17-10-12(2)13(3)11-18(17)28-20(21)15-6-8-16(23)9-7-15/h6-11,14H,5H2,1-4H3/t14-/m1/s1. The lowest BCUT2D eigenvalue weighted by Crippen LogP contribution is -2.28. The minimum absolute atomic E-state index is 0.0290. The van der Waals surface area contributed by atoms with E-state index in [-0.39, 0.29) is 23.5 Å². The van der Waals surface area contributed by atoms with Crippen molar-refractivity contribution in [3.8, 4) is 17.1 Å². The van der Waals surface area contributed by atoms with E-state index in [1.807, 2.05) is 19.9 Å². The first-order valence-electron chi connectivity index (χ1n) is 8.99. The quantitative estimate of drug-likeness (QED) is 0.560. The van der Waals surface area contributed by atoms with Gasteiger partial charge in [-0.3, -0.25) is 4.79 Å². The molecule has 28 heavy (non-hydrogen) atoms. The number of fused-ring (bicyclic) bond motifs is 1. The van der Waals surface area contributed by atoms with Crippen molar-refractivity contribution in [3.05, 3.63) is 62.8 Å². The van der Waals surface area contributed by atoms with Crippen molar-refractivity contribution in [1.29, 1.82) is 0 Å². The van der Waals surface area contributed by atoms with Crippen LogP contribution in [0, 0.1) is 13.8 Å². The smallest absolute Gasteiger partial charge is 0.347 e. The van der Waals surface area contributed by atoms with Crippen molar-refractivity contribution in [3.63, 3.8) is 0 Å². The number of carbonyl (C=O) groups excluding carboxylic acids is 1. The first-order chi connectivity index (χ1) is 13.3. The number of esters is 1. The lowest BCUT2D eigenvalue weighted by molar-refractivity contribution is -0.150. The molecule has 1 aromatic heterocycles. The van der Waals surface area contributed by atoms with Crippen LogP contribution >= 0.6 is 11.6 Å². The van der Waals surface area contributed by atoms with Crippen LogP contribution in [0.2, 0.25) is 5.02 Å². The Morgan fingerprint density at radius 3 is 2.43 bits per heavy atom. The van der Waals surface area contributed by atoms with Crippen molar-refractivity contribution in [2.75, 3.05) is 6.61 Å². The third kappa shape index (κ3) is 3.90. The maximum absolute atomic E-state index is 13.2. The molecule has 2 aromatic carbocycles. The summed E-state index contributed by atoms with van der Waals surface area (Å²) in [4.78, 5) is 25.2. The molecule has 1 atom stereocenters. The van der Waals surface area contributed by atoms with Gasteiger partial charge in [0, 0.05) is 10.6 Å². The van der Waals surface area contributed by atoms with E-state index in [1.54, 1.807) is 37.3 Å². The highest BCUT2D eigenvalue weighted by molar-refractivity contribution is 6.30.